The van der Waals surface area contributed by atoms with Crippen LogP contribution < -0.4 is 10.6 Å². The molecule has 122 valence electrons. The average Bonchev–Trinajstić information content (AvgIpc) is 3.06. The Hall–Kier alpha value is -2.73. The van der Waals surface area contributed by atoms with Gasteiger partial charge in [0.15, 0.2) is 5.11 Å². The van der Waals surface area contributed by atoms with Gasteiger partial charge in [-0.25, -0.2) is 0 Å². The zero-order valence-corrected chi connectivity index (χ0v) is 14.4. The van der Waals surface area contributed by atoms with Gasteiger partial charge in [0.1, 0.15) is 0 Å². The summed E-state index contributed by atoms with van der Waals surface area (Å²) in [5.41, 5.74) is 4.33. The van der Waals surface area contributed by atoms with Crippen molar-refractivity contribution in [1.82, 2.24) is 15.5 Å². The van der Waals surface area contributed by atoms with Gasteiger partial charge in [-0.05, 0) is 49.3 Å². The number of rotatable bonds is 4. The number of hydrogen-bond donors (Lipinski definition) is 2. The van der Waals surface area contributed by atoms with E-state index in [0.29, 0.717) is 23.4 Å². The molecule has 0 saturated heterocycles. The summed E-state index contributed by atoms with van der Waals surface area (Å²) in [7, 11) is 0. The summed E-state index contributed by atoms with van der Waals surface area (Å²) >= 11 is 5.30. The molecule has 1 aromatic heterocycles. The molecule has 0 atom stereocenters. The lowest BCUT2D eigenvalue weighted by atomic mass is 10.1. The van der Waals surface area contributed by atoms with Crippen molar-refractivity contribution in [3.63, 3.8) is 0 Å². The highest BCUT2D eigenvalue weighted by atomic mass is 32.1. The number of nitrogens with zero attached hydrogens (tertiary/aromatic N) is 2. The predicted molar refractivity (Wildman–Crippen MR) is 98.7 cm³/mol. The smallest absolute Gasteiger partial charge is 0.246 e. The molecule has 0 saturated carbocycles. The molecule has 6 heteroatoms. The molecule has 0 unspecified atom stereocenters. The first kappa shape index (κ1) is 16.1. The monoisotopic (exact) mass is 338 g/mol. The first-order valence-electron chi connectivity index (χ1n) is 7.62. The first-order chi connectivity index (χ1) is 11.6. The third-order valence-electron chi connectivity index (χ3n) is 3.67. The number of aromatic nitrogens is 2. The Kier molecular flexibility index (Phi) is 4.86. The summed E-state index contributed by atoms with van der Waals surface area (Å²) in [6.07, 6.45) is 0. The molecular formula is C18H18N4OS. The number of thiocarbonyl (C=S) groups is 1. The van der Waals surface area contributed by atoms with E-state index in [2.05, 4.69) is 46.8 Å². The predicted octanol–water partition coefficient (Wildman–Crippen LogP) is 3.84. The highest BCUT2D eigenvalue weighted by Crippen LogP contribution is 2.15. The number of hydrogen-bond acceptors (Lipinski definition) is 4. The molecule has 0 aliphatic rings. The van der Waals surface area contributed by atoms with Gasteiger partial charge in [0.25, 0.3) is 0 Å². The van der Waals surface area contributed by atoms with Gasteiger partial charge in [0.2, 0.25) is 11.7 Å². The van der Waals surface area contributed by atoms with Crippen molar-refractivity contribution >= 4 is 23.0 Å². The van der Waals surface area contributed by atoms with E-state index in [1.54, 1.807) is 0 Å². The van der Waals surface area contributed by atoms with Crippen LogP contribution >= 0.6 is 12.2 Å². The molecule has 0 amide bonds. The highest BCUT2D eigenvalue weighted by molar-refractivity contribution is 7.80. The maximum absolute atomic E-state index is 5.30. The second kappa shape index (κ2) is 7.23. The second-order valence-corrected chi connectivity index (χ2v) is 5.89. The zero-order valence-electron chi connectivity index (χ0n) is 13.5. The van der Waals surface area contributed by atoms with Crippen LogP contribution in [-0.4, -0.2) is 15.3 Å². The number of benzene rings is 2. The third-order valence-corrected chi connectivity index (χ3v) is 3.91. The molecule has 3 aromatic rings. The lowest BCUT2D eigenvalue weighted by molar-refractivity contribution is 0.376. The van der Waals surface area contributed by atoms with Crippen LogP contribution in [0.3, 0.4) is 0 Å². The summed E-state index contributed by atoms with van der Waals surface area (Å²) in [4.78, 5) is 4.36. The van der Waals surface area contributed by atoms with E-state index in [4.69, 9.17) is 16.7 Å². The molecule has 0 radical (unpaired) electrons. The highest BCUT2D eigenvalue weighted by Gasteiger charge is 2.08. The molecule has 2 N–H and O–H groups in total. The van der Waals surface area contributed by atoms with Gasteiger partial charge in [-0.15, -0.1) is 0 Å². The summed E-state index contributed by atoms with van der Waals surface area (Å²) in [6.45, 7) is 4.52. The lowest BCUT2D eigenvalue weighted by Crippen LogP contribution is -2.28. The maximum atomic E-state index is 5.30. The Morgan fingerprint density at radius 3 is 2.62 bits per heavy atom. The van der Waals surface area contributed by atoms with Crippen LogP contribution in [0.1, 0.15) is 17.0 Å². The maximum Gasteiger partial charge on any atom is 0.246 e. The van der Waals surface area contributed by atoms with Crippen molar-refractivity contribution in [3.05, 3.63) is 65.5 Å². The normalized spacial score (nSPS) is 10.4. The molecular weight excluding hydrogens is 320 g/mol. The molecule has 0 fully saturated rings. The van der Waals surface area contributed by atoms with Crippen molar-refractivity contribution in [2.24, 2.45) is 0 Å². The SMILES string of the molecule is Cc1ccc(NC(=S)NCc2nc(-c3ccccc3)no2)cc1C. The molecule has 0 spiro atoms. The summed E-state index contributed by atoms with van der Waals surface area (Å²) < 4.78 is 5.24. The summed E-state index contributed by atoms with van der Waals surface area (Å²) in [5, 5.41) is 10.7. The molecule has 0 aliphatic heterocycles. The standard InChI is InChI=1S/C18H18N4OS/c1-12-8-9-15(10-13(12)2)20-18(24)19-11-16-21-17(22-23-16)14-6-4-3-5-7-14/h3-10H,11H2,1-2H3,(H2,19,20,24). The van der Waals surface area contributed by atoms with Crippen molar-refractivity contribution in [3.8, 4) is 11.4 Å². The van der Waals surface area contributed by atoms with E-state index in [1.165, 1.54) is 11.1 Å². The first-order valence-corrected chi connectivity index (χ1v) is 8.03. The van der Waals surface area contributed by atoms with Crippen LogP contribution in [0.2, 0.25) is 0 Å². The molecule has 3 rings (SSSR count). The number of aryl methyl sites for hydroxylation is 2. The minimum absolute atomic E-state index is 0.372. The largest absolute Gasteiger partial charge is 0.353 e. The average molecular weight is 338 g/mol. The summed E-state index contributed by atoms with van der Waals surface area (Å²) in [6, 6.07) is 15.8. The quantitative estimate of drug-likeness (QED) is 0.705. The molecule has 0 bridgehead atoms. The van der Waals surface area contributed by atoms with Crippen LogP contribution in [0.25, 0.3) is 11.4 Å². The second-order valence-electron chi connectivity index (χ2n) is 5.48. The van der Waals surface area contributed by atoms with Crippen LogP contribution in [0.4, 0.5) is 5.69 Å². The van der Waals surface area contributed by atoms with Crippen molar-refractivity contribution in [1.29, 1.82) is 0 Å². The fraction of sp³-hybridized carbons (Fsp3) is 0.167. The van der Waals surface area contributed by atoms with Gasteiger partial charge in [0, 0.05) is 11.3 Å². The van der Waals surface area contributed by atoms with Gasteiger partial charge in [0.05, 0.1) is 6.54 Å². The van der Waals surface area contributed by atoms with Crippen LogP contribution in [-0.2, 0) is 6.54 Å². The summed E-state index contributed by atoms with van der Waals surface area (Å²) in [5.74, 6) is 1.05. The van der Waals surface area contributed by atoms with Crippen LogP contribution in [0.15, 0.2) is 53.1 Å². The van der Waals surface area contributed by atoms with E-state index >= 15 is 0 Å². The Labute approximate surface area is 146 Å². The Balaban J connectivity index is 1.56. The van der Waals surface area contributed by atoms with Crippen LogP contribution in [0, 0.1) is 13.8 Å². The number of anilines is 1. The number of nitrogens with one attached hydrogen (secondary N) is 2. The van der Waals surface area contributed by atoms with Crippen molar-refractivity contribution in [2.75, 3.05) is 5.32 Å². The van der Waals surface area contributed by atoms with Gasteiger partial charge in [-0.1, -0.05) is 41.6 Å². The van der Waals surface area contributed by atoms with E-state index in [1.807, 2.05) is 36.4 Å². The lowest BCUT2D eigenvalue weighted by Gasteiger charge is -2.10. The van der Waals surface area contributed by atoms with E-state index in [0.717, 1.165) is 11.3 Å². The van der Waals surface area contributed by atoms with E-state index in [9.17, 15) is 0 Å². The van der Waals surface area contributed by atoms with E-state index < -0.39 is 0 Å². The van der Waals surface area contributed by atoms with Gasteiger partial charge < -0.3 is 15.2 Å². The van der Waals surface area contributed by atoms with Crippen LogP contribution in [0.5, 0.6) is 0 Å². The minimum atomic E-state index is 0.372. The van der Waals surface area contributed by atoms with Crippen molar-refractivity contribution < 1.29 is 4.52 Å². The molecule has 24 heavy (non-hydrogen) atoms. The minimum Gasteiger partial charge on any atom is -0.353 e. The fourth-order valence-corrected chi connectivity index (χ4v) is 2.37. The van der Waals surface area contributed by atoms with E-state index in [-0.39, 0.29) is 0 Å². The molecule has 5 nitrogen and oxygen atoms in total. The zero-order chi connectivity index (χ0) is 16.9. The fourth-order valence-electron chi connectivity index (χ4n) is 2.18. The Morgan fingerprint density at radius 2 is 1.88 bits per heavy atom. The molecule has 2 aromatic carbocycles. The van der Waals surface area contributed by atoms with Gasteiger partial charge in [-0.2, -0.15) is 4.98 Å². The van der Waals surface area contributed by atoms with Gasteiger partial charge >= 0.3 is 0 Å². The Morgan fingerprint density at radius 1 is 1.08 bits per heavy atom. The third kappa shape index (κ3) is 3.97. The Bertz CT molecular complexity index is 845. The molecule has 0 aliphatic carbocycles. The molecule has 1 heterocycles. The van der Waals surface area contributed by atoms with Crippen molar-refractivity contribution in [2.45, 2.75) is 20.4 Å². The topological polar surface area (TPSA) is 63.0 Å². The van der Waals surface area contributed by atoms with Gasteiger partial charge in [-0.3, -0.25) is 0 Å².